The van der Waals surface area contributed by atoms with E-state index in [2.05, 4.69) is 5.32 Å². The number of anilines is 2. The molecule has 0 unspecified atom stereocenters. The summed E-state index contributed by atoms with van der Waals surface area (Å²) in [6.45, 7) is -0.602. The molecule has 1 atom stereocenters. The van der Waals surface area contributed by atoms with Crippen LogP contribution in [0.2, 0.25) is 10.0 Å². The minimum Gasteiger partial charge on any atom is -0.484 e. The molecule has 0 saturated carbocycles. The highest BCUT2D eigenvalue weighted by Gasteiger charge is 2.34. The van der Waals surface area contributed by atoms with Crippen LogP contribution in [0.5, 0.6) is 5.75 Å². The number of hydrogen-bond acceptors (Lipinski definition) is 5. The third-order valence-electron chi connectivity index (χ3n) is 4.94. The molecule has 1 aliphatic heterocycles. The van der Waals surface area contributed by atoms with E-state index in [9.17, 15) is 22.7 Å². The van der Waals surface area contributed by atoms with Crippen molar-refractivity contribution in [1.29, 1.82) is 0 Å². The fourth-order valence-electron chi connectivity index (χ4n) is 3.35. The van der Waals surface area contributed by atoms with Gasteiger partial charge in [-0.25, -0.2) is 12.8 Å². The Kier molecular flexibility index (Phi) is 6.49. The van der Waals surface area contributed by atoms with Crippen LogP contribution in [0.15, 0.2) is 65.6 Å². The average Bonchev–Trinajstić information content (AvgIpc) is 2.78. The molecule has 4 rings (SSSR count). The van der Waals surface area contributed by atoms with Crippen LogP contribution in [-0.2, 0) is 10.0 Å². The van der Waals surface area contributed by atoms with Crippen molar-refractivity contribution in [3.8, 4) is 5.75 Å². The molecule has 33 heavy (non-hydrogen) atoms. The number of halogens is 3. The smallest absolute Gasteiger partial charge is 0.264 e. The van der Waals surface area contributed by atoms with Crippen molar-refractivity contribution in [1.82, 2.24) is 0 Å². The second-order valence-corrected chi connectivity index (χ2v) is 9.82. The van der Waals surface area contributed by atoms with Crippen LogP contribution in [0.4, 0.5) is 15.8 Å². The summed E-state index contributed by atoms with van der Waals surface area (Å²) in [4.78, 5) is 12.6. The van der Waals surface area contributed by atoms with Gasteiger partial charge in [-0.15, -0.1) is 0 Å². The topological polar surface area (TPSA) is 95.9 Å². The second kappa shape index (κ2) is 9.18. The van der Waals surface area contributed by atoms with Crippen LogP contribution in [0, 0.1) is 5.82 Å². The maximum absolute atomic E-state index is 13.3. The molecule has 0 radical (unpaired) electrons. The molecule has 1 aliphatic rings. The first kappa shape index (κ1) is 23.3. The molecule has 3 aromatic carbocycles. The van der Waals surface area contributed by atoms with E-state index < -0.39 is 34.5 Å². The number of rotatable bonds is 5. The number of carbonyl (C=O) groups is 1. The zero-order chi connectivity index (χ0) is 23.8. The lowest BCUT2D eigenvalue weighted by atomic mass is 10.1. The molecule has 0 fully saturated rings. The summed E-state index contributed by atoms with van der Waals surface area (Å²) in [5.74, 6) is -0.962. The van der Waals surface area contributed by atoms with Crippen LogP contribution in [-0.4, -0.2) is 38.7 Å². The van der Waals surface area contributed by atoms with Crippen LogP contribution in [0.3, 0.4) is 0 Å². The Morgan fingerprint density at radius 1 is 1.12 bits per heavy atom. The lowest BCUT2D eigenvalue weighted by Crippen LogP contribution is -2.45. The van der Waals surface area contributed by atoms with Gasteiger partial charge in [-0.2, -0.15) is 0 Å². The van der Waals surface area contributed by atoms with Gasteiger partial charge in [-0.3, -0.25) is 9.10 Å². The molecule has 3 aromatic rings. The Labute approximate surface area is 199 Å². The number of fused-ring (bicyclic) bond motifs is 1. The summed E-state index contributed by atoms with van der Waals surface area (Å²) in [6.07, 6.45) is -0.810. The average molecular weight is 511 g/mol. The number of aliphatic hydroxyl groups is 1. The molecule has 1 heterocycles. The summed E-state index contributed by atoms with van der Waals surface area (Å²) < 4.78 is 46.7. The highest BCUT2D eigenvalue weighted by atomic mass is 35.5. The molecule has 0 bridgehead atoms. The lowest BCUT2D eigenvalue weighted by Gasteiger charge is -2.35. The Hall–Kier alpha value is -2.85. The van der Waals surface area contributed by atoms with Gasteiger partial charge in [0.2, 0.25) is 0 Å². The van der Waals surface area contributed by atoms with Crippen LogP contribution in [0.25, 0.3) is 0 Å². The summed E-state index contributed by atoms with van der Waals surface area (Å²) in [7, 11) is -4.13. The Morgan fingerprint density at radius 2 is 1.79 bits per heavy atom. The van der Waals surface area contributed by atoms with Gasteiger partial charge >= 0.3 is 0 Å². The minimum atomic E-state index is -4.13. The maximum atomic E-state index is 13.3. The number of carbonyl (C=O) groups excluding carboxylic acids is 1. The van der Waals surface area contributed by atoms with E-state index in [1.807, 2.05) is 0 Å². The fraction of sp³-hybridized carbons (Fsp3) is 0.136. The summed E-state index contributed by atoms with van der Waals surface area (Å²) in [5, 5.41) is 12.6. The summed E-state index contributed by atoms with van der Waals surface area (Å²) >= 11 is 12.2. The molecule has 11 heteroatoms. The third kappa shape index (κ3) is 4.63. The van der Waals surface area contributed by atoms with E-state index in [0.717, 1.165) is 28.6 Å². The first-order chi connectivity index (χ1) is 15.7. The molecule has 0 saturated heterocycles. The monoisotopic (exact) mass is 510 g/mol. The molecule has 172 valence electrons. The molecule has 0 aromatic heterocycles. The molecule has 2 N–H and O–H groups in total. The number of nitrogens with one attached hydrogen (secondary N) is 1. The van der Waals surface area contributed by atoms with Crippen molar-refractivity contribution in [2.24, 2.45) is 0 Å². The molecule has 1 amide bonds. The number of hydrogen-bond donors (Lipinski definition) is 2. The quantitative estimate of drug-likeness (QED) is 0.532. The maximum Gasteiger partial charge on any atom is 0.264 e. The van der Waals surface area contributed by atoms with E-state index in [0.29, 0.717) is 0 Å². The van der Waals surface area contributed by atoms with Gasteiger partial charge in [-0.1, -0.05) is 29.3 Å². The number of aliphatic hydroxyl groups excluding tert-OH is 1. The van der Waals surface area contributed by atoms with Crippen LogP contribution >= 0.6 is 23.2 Å². The van der Waals surface area contributed by atoms with Gasteiger partial charge in [0.1, 0.15) is 17.7 Å². The van der Waals surface area contributed by atoms with Gasteiger partial charge in [0, 0.05) is 5.69 Å². The summed E-state index contributed by atoms with van der Waals surface area (Å²) in [6, 6.07) is 13.5. The Morgan fingerprint density at radius 3 is 2.42 bits per heavy atom. The third-order valence-corrected chi connectivity index (χ3v) is 7.37. The standard InChI is InChI=1S/C22H17Cl2FN2O5S/c23-17-2-1-3-18(24)21(17)22(29)26-14-6-9-20-19(10-14)27(11-15(12-28)32-20)33(30,31)16-7-4-13(25)5-8-16/h1-10,15,28H,11-12H2,(H,26,29)/t15-/m1/s1. The van der Waals surface area contributed by atoms with Gasteiger partial charge < -0.3 is 15.2 Å². The predicted molar refractivity (Wildman–Crippen MR) is 123 cm³/mol. The number of benzene rings is 3. The van der Waals surface area contributed by atoms with E-state index >= 15 is 0 Å². The van der Waals surface area contributed by atoms with Crippen LogP contribution in [0.1, 0.15) is 10.4 Å². The Bertz CT molecular complexity index is 1300. The molecule has 0 aliphatic carbocycles. The van der Waals surface area contributed by atoms with Gasteiger partial charge in [0.05, 0.1) is 39.3 Å². The van der Waals surface area contributed by atoms with Crippen molar-refractivity contribution >= 4 is 50.5 Å². The van der Waals surface area contributed by atoms with E-state index in [-0.39, 0.29) is 44.2 Å². The molecule has 0 spiro atoms. The van der Waals surface area contributed by atoms with E-state index in [1.54, 1.807) is 6.07 Å². The zero-order valence-corrected chi connectivity index (χ0v) is 19.2. The van der Waals surface area contributed by atoms with Crippen molar-refractivity contribution < 1.29 is 27.4 Å². The fourth-order valence-corrected chi connectivity index (χ4v) is 5.42. The number of amides is 1. The normalized spacial score (nSPS) is 15.5. The first-order valence-corrected chi connectivity index (χ1v) is 11.9. The Balaban J connectivity index is 1.72. The minimum absolute atomic E-state index is 0.0749. The highest BCUT2D eigenvalue weighted by Crippen LogP contribution is 2.39. The second-order valence-electron chi connectivity index (χ2n) is 7.15. The number of nitrogens with zero attached hydrogens (tertiary/aromatic N) is 1. The number of ether oxygens (including phenoxy) is 1. The first-order valence-electron chi connectivity index (χ1n) is 9.66. The van der Waals surface area contributed by atoms with Gasteiger partial charge in [0.25, 0.3) is 15.9 Å². The zero-order valence-electron chi connectivity index (χ0n) is 16.8. The van der Waals surface area contributed by atoms with Crippen molar-refractivity contribution in [3.05, 3.63) is 82.1 Å². The highest BCUT2D eigenvalue weighted by molar-refractivity contribution is 7.92. The predicted octanol–water partition coefficient (Wildman–Crippen LogP) is 4.33. The SMILES string of the molecule is O=C(Nc1ccc2c(c1)N(S(=O)(=O)c1ccc(F)cc1)C[C@H](CO)O2)c1c(Cl)cccc1Cl. The molecular weight excluding hydrogens is 494 g/mol. The van der Waals surface area contributed by atoms with Crippen molar-refractivity contribution in [2.75, 3.05) is 22.8 Å². The largest absolute Gasteiger partial charge is 0.484 e. The van der Waals surface area contributed by atoms with Crippen molar-refractivity contribution in [2.45, 2.75) is 11.0 Å². The van der Waals surface area contributed by atoms with E-state index in [1.165, 1.54) is 30.3 Å². The van der Waals surface area contributed by atoms with Gasteiger partial charge in [-0.05, 0) is 54.6 Å². The van der Waals surface area contributed by atoms with Crippen molar-refractivity contribution in [3.63, 3.8) is 0 Å². The summed E-state index contributed by atoms with van der Waals surface area (Å²) in [5.41, 5.74) is 0.484. The molecule has 7 nitrogen and oxygen atoms in total. The number of sulfonamides is 1. The molecular formula is C22H17Cl2FN2O5S. The van der Waals surface area contributed by atoms with Crippen LogP contribution < -0.4 is 14.4 Å². The lowest BCUT2D eigenvalue weighted by molar-refractivity contribution is 0.102. The van der Waals surface area contributed by atoms with Gasteiger partial charge in [0.15, 0.2) is 0 Å². The van der Waals surface area contributed by atoms with E-state index in [4.69, 9.17) is 27.9 Å².